The maximum Gasteiger partial charge on any atom is 0.130 e. The number of nitrogens with zero attached hydrogens (tertiary/aromatic N) is 1. The van der Waals surface area contributed by atoms with Gasteiger partial charge in [0.2, 0.25) is 0 Å². The Balaban J connectivity index is 1.72. The quantitative estimate of drug-likeness (QED) is 0.768. The smallest absolute Gasteiger partial charge is 0.130 e. The van der Waals surface area contributed by atoms with E-state index in [4.69, 9.17) is 4.74 Å². The molecule has 1 unspecified atom stereocenters. The Labute approximate surface area is 123 Å². The van der Waals surface area contributed by atoms with Crippen molar-refractivity contribution in [2.45, 2.75) is 50.2 Å². The van der Waals surface area contributed by atoms with E-state index < -0.39 is 0 Å². The number of ether oxygens (including phenoxy) is 1. The second-order valence-corrected chi connectivity index (χ2v) is 7.16. The molecule has 0 N–H and O–H groups in total. The van der Waals surface area contributed by atoms with Crippen molar-refractivity contribution in [2.75, 3.05) is 18.1 Å². The fraction of sp³-hybridized carbons (Fsp3) is 0.625. The van der Waals surface area contributed by atoms with Gasteiger partial charge < -0.3 is 9.64 Å². The molecule has 2 nitrogen and oxygen atoms in total. The second-order valence-electron chi connectivity index (χ2n) is 6.24. The van der Waals surface area contributed by atoms with Crippen molar-refractivity contribution < 1.29 is 4.74 Å². The minimum Gasteiger partial charge on any atom is -0.358 e. The van der Waals surface area contributed by atoms with Gasteiger partial charge >= 0.3 is 0 Å². The summed E-state index contributed by atoms with van der Waals surface area (Å²) < 4.78 is 7.24. The minimum absolute atomic E-state index is 0.314. The first-order chi connectivity index (χ1) is 9.28. The van der Waals surface area contributed by atoms with Crippen LogP contribution in [0.5, 0.6) is 0 Å². The van der Waals surface area contributed by atoms with E-state index in [1.54, 1.807) is 5.56 Å². The lowest BCUT2D eigenvalue weighted by atomic mass is 9.66. The van der Waals surface area contributed by atoms with Gasteiger partial charge in [0.1, 0.15) is 6.23 Å². The Bertz CT molecular complexity index is 492. The molecule has 2 heterocycles. The van der Waals surface area contributed by atoms with Gasteiger partial charge in [-0.2, -0.15) is 0 Å². The predicted molar refractivity (Wildman–Crippen MR) is 80.6 cm³/mol. The molecule has 4 rings (SSSR count). The van der Waals surface area contributed by atoms with Crippen LogP contribution in [-0.2, 0) is 10.2 Å². The van der Waals surface area contributed by atoms with Crippen molar-refractivity contribution in [1.29, 1.82) is 0 Å². The summed E-state index contributed by atoms with van der Waals surface area (Å²) in [4.78, 5) is 2.54. The molecule has 0 amide bonds. The Morgan fingerprint density at radius 1 is 1.21 bits per heavy atom. The molecule has 1 saturated heterocycles. The van der Waals surface area contributed by atoms with Gasteiger partial charge in [0.15, 0.2) is 0 Å². The Hall–Kier alpha value is -0.540. The molecule has 2 fully saturated rings. The molecule has 1 atom stereocenters. The van der Waals surface area contributed by atoms with E-state index in [0.717, 1.165) is 6.61 Å². The monoisotopic (exact) mass is 321 g/mol. The first-order valence-corrected chi connectivity index (χ1v) is 8.26. The zero-order valence-electron chi connectivity index (χ0n) is 11.2. The zero-order valence-corrected chi connectivity index (χ0v) is 12.8. The highest BCUT2D eigenvalue weighted by Crippen LogP contribution is 2.54. The summed E-state index contributed by atoms with van der Waals surface area (Å²) in [5, 5.41) is 0. The average molecular weight is 322 g/mol. The summed E-state index contributed by atoms with van der Waals surface area (Å²) in [7, 11) is 0. The molecule has 0 radical (unpaired) electrons. The number of hydrogen-bond donors (Lipinski definition) is 0. The molecule has 1 aromatic rings. The summed E-state index contributed by atoms with van der Waals surface area (Å²) in [5.41, 5.74) is 3.41. The molecule has 3 aliphatic rings. The Morgan fingerprint density at radius 2 is 2.11 bits per heavy atom. The van der Waals surface area contributed by atoms with E-state index in [1.807, 2.05) is 0 Å². The van der Waals surface area contributed by atoms with Gasteiger partial charge in [-0.05, 0) is 55.9 Å². The Kier molecular flexibility index (Phi) is 2.89. The molecule has 3 heteroatoms. The number of fused-ring (bicyclic) bond motifs is 2. The van der Waals surface area contributed by atoms with Crippen LogP contribution in [0, 0.1) is 0 Å². The minimum atomic E-state index is 0.314. The third-order valence-electron chi connectivity index (χ3n) is 5.13. The largest absolute Gasteiger partial charge is 0.358 e. The van der Waals surface area contributed by atoms with Crippen LogP contribution in [0.2, 0.25) is 0 Å². The van der Waals surface area contributed by atoms with E-state index >= 15 is 0 Å². The molecule has 1 spiro atoms. The van der Waals surface area contributed by atoms with Gasteiger partial charge in [-0.15, -0.1) is 0 Å². The van der Waals surface area contributed by atoms with Crippen molar-refractivity contribution in [3.63, 3.8) is 0 Å². The highest BCUT2D eigenvalue weighted by Gasteiger charge is 2.48. The molecule has 0 aromatic heterocycles. The van der Waals surface area contributed by atoms with Crippen LogP contribution >= 0.6 is 15.9 Å². The van der Waals surface area contributed by atoms with Gasteiger partial charge in [0.05, 0.1) is 0 Å². The molecule has 1 aromatic carbocycles. The van der Waals surface area contributed by atoms with Crippen molar-refractivity contribution in [3.05, 3.63) is 28.2 Å². The molecular formula is C16H20BrNO. The van der Waals surface area contributed by atoms with Crippen molar-refractivity contribution >= 4 is 21.6 Å². The lowest BCUT2D eigenvalue weighted by molar-refractivity contribution is 0.0122. The fourth-order valence-electron chi connectivity index (χ4n) is 3.94. The first-order valence-electron chi connectivity index (χ1n) is 7.47. The van der Waals surface area contributed by atoms with Gasteiger partial charge in [-0.25, -0.2) is 0 Å². The highest BCUT2D eigenvalue weighted by molar-refractivity contribution is 9.10. The fourth-order valence-corrected chi connectivity index (χ4v) is 4.30. The van der Waals surface area contributed by atoms with Gasteiger partial charge in [0.25, 0.3) is 0 Å². The second kappa shape index (κ2) is 4.49. The molecule has 2 aliphatic heterocycles. The summed E-state index contributed by atoms with van der Waals surface area (Å²) >= 11 is 3.64. The topological polar surface area (TPSA) is 12.5 Å². The summed E-state index contributed by atoms with van der Waals surface area (Å²) in [5.74, 6) is 0. The van der Waals surface area contributed by atoms with E-state index in [2.05, 4.69) is 39.0 Å². The summed E-state index contributed by atoms with van der Waals surface area (Å²) in [6.07, 6.45) is 8.10. The lowest BCUT2D eigenvalue weighted by Crippen LogP contribution is -2.45. The summed E-state index contributed by atoms with van der Waals surface area (Å²) in [6, 6.07) is 6.80. The van der Waals surface area contributed by atoms with Gasteiger partial charge in [-0.1, -0.05) is 22.4 Å². The van der Waals surface area contributed by atoms with Crippen molar-refractivity contribution in [1.82, 2.24) is 0 Å². The zero-order chi connectivity index (χ0) is 12.9. The maximum atomic E-state index is 6.03. The number of hydrogen-bond acceptors (Lipinski definition) is 2. The number of halogens is 1. The van der Waals surface area contributed by atoms with Crippen molar-refractivity contribution in [2.24, 2.45) is 0 Å². The molecular weight excluding hydrogens is 302 g/mol. The van der Waals surface area contributed by atoms with E-state index in [1.165, 1.54) is 55.2 Å². The van der Waals surface area contributed by atoms with Crippen LogP contribution in [0.3, 0.4) is 0 Å². The van der Waals surface area contributed by atoms with Crippen LogP contribution < -0.4 is 4.90 Å². The van der Waals surface area contributed by atoms with Crippen LogP contribution in [-0.4, -0.2) is 19.4 Å². The molecule has 102 valence electrons. The standard InChI is InChI=1S/C16H20BrNO/c17-12-5-6-14-13(10-12)16(7-3-8-16)11-18(14)15-4-1-2-9-19-15/h5-6,10,15H,1-4,7-9,11H2. The third-order valence-corrected chi connectivity index (χ3v) is 5.62. The van der Waals surface area contributed by atoms with Gasteiger partial charge in [-0.3, -0.25) is 0 Å². The van der Waals surface area contributed by atoms with Crippen LogP contribution in [0.4, 0.5) is 5.69 Å². The predicted octanol–water partition coefficient (Wildman–Crippen LogP) is 4.22. The molecule has 19 heavy (non-hydrogen) atoms. The van der Waals surface area contributed by atoms with Crippen LogP contribution in [0.25, 0.3) is 0 Å². The molecule has 1 saturated carbocycles. The lowest BCUT2D eigenvalue weighted by Gasteiger charge is -2.41. The number of benzene rings is 1. The number of rotatable bonds is 1. The average Bonchev–Trinajstić information content (AvgIpc) is 2.74. The third kappa shape index (κ3) is 1.85. The van der Waals surface area contributed by atoms with Crippen LogP contribution in [0.15, 0.2) is 22.7 Å². The summed E-state index contributed by atoms with van der Waals surface area (Å²) in [6.45, 7) is 2.10. The van der Waals surface area contributed by atoms with Crippen LogP contribution in [0.1, 0.15) is 44.1 Å². The van der Waals surface area contributed by atoms with E-state index in [-0.39, 0.29) is 0 Å². The maximum absolute atomic E-state index is 6.03. The highest BCUT2D eigenvalue weighted by atomic mass is 79.9. The first kappa shape index (κ1) is 12.2. The van der Waals surface area contributed by atoms with Crippen molar-refractivity contribution in [3.8, 4) is 0 Å². The normalized spacial score (nSPS) is 28.3. The molecule has 1 aliphatic carbocycles. The number of anilines is 1. The van der Waals surface area contributed by atoms with E-state index in [0.29, 0.717) is 11.6 Å². The van der Waals surface area contributed by atoms with E-state index in [9.17, 15) is 0 Å². The Morgan fingerprint density at radius 3 is 2.79 bits per heavy atom. The molecule has 0 bridgehead atoms. The SMILES string of the molecule is Brc1ccc2c(c1)C1(CCC1)CN2C1CCCCO1. The van der Waals surface area contributed by atoms with Gasteiger partial charge in [0, 0.05) is 28.7 Å².